The first-order valence-electron chi connectivity index (χ1n) is 7.04. The third-order valence-electron chi connectivity index (χ3n) is 3.70. The van der Waals surface area contributed by atoms with Gasteiger partial charge in [-0.25, -0.2) is 0 Å². The summed E-state index contributed by atoms with van der Waals surface area (Å²) < 4.78 is 1.87. The van der Waals surface area contributed by atoms with Crippen LogP contribution >= 0.6 is 12.4 Å². The highest BCUT2D eigenvalue weighted by atomic mass is 35.5. The number of hydrogen-bond acceptors (Lipinski definition) is 3. The van der Waals surface area contributed by atoms with Crippen molar-refractivity contribution < 1.29 is 4.79 Å². The maximum absolute atomic E-state index is 12.2. The van der Waals surface area contributed by atoms with Gasteiger partial charge in [-0.2, -0.15) is 5.10 Å². The first-order chi connectivity index (χ1) is 9.88. The van der Waals surface area contributed by atoms with Gasteiger partial charge in [-0.05, 0) is 51.0 Å². The van der Waals surface area contributed by atoms with Gasteiger partial charge in [0, 0.05) is 30.0 Å². The quantitative estimate of drug-likeness (QED) is 0.849. The number of carbonyl (C=O) groups is 1. The summed E-state index contributed by atoms with van der Waals surface area (Å²) in [5.74, 6) is -0.103. The van der Waals surface area contributed by atoms with E-state index in [0.717, 1.165) is 17.8 Å². The van der Waals surface area contributed by atoms with E-state index in [1.165, 1.54) is 5.56 Å². The third-order valence-corrected chi connectivity index (χ3v) is 3.70. The second kappa shape index (κ2) is 7.31. The van der Waals surface area contributed by atoms with Gasteiger partial charge >= 0.3 is 0 Å². The molecule has 1 unspecified atom stereocenters. The molecule has 120 valence electrons. The molecule has 2 rings (SSSR count). The predicted octanol–water partition coefficient (Wildman–Crippen LogP) is 2.40. The Hall–Kier alpha value is -2.01. The fourth-order valence-electron chi connectivity index (χ4n) is 2.46. The topological polar surface area (TPSA) is 72.9 Å². The summed E-state index contributed by atoms with van der Waals surface area (Å²) in [4.78, 5) is 12.2. The number of nitrogen functional groups attached to an aromatic ring is 1. The maximum atomic E-state index is 12.2. The molecule has 0 saturated heterocycles. The number of nitrogens with two attached hydrogens (primary N) is 1. The Labute approximate surface area is 137 Å². The first kappa shape index (κ1) is 18.0. The Morgan fingerprint density at radius 2 is 2.09 bits per heavy atom. The van der Waals surface area contributed by atoms with Crippen molar-refractivity contribution >= 4 is 24.0 Å². The van der Waals surface area contributed by atoms with E-state index in [1.807, 2.05) is 32.5 Å². The molecule has 0 saturated carbocycles. The number of carbonyl (C=O) groups excluding carboxylic acids is 1. The number of anilines is 1. The van der Waals surface area contributed by atoms with Crippen LogP contribution in [0.25, 0.3) is 0 Å². The van der Waals surface area contributed by atoms with Gasteiger partial charge in [0.2, 0.25) is 0 Å². The van der Waals surface area contributed by atoms with Gasteiger partial charge in [0.25, 0.3) is 5.91 Å². The number of aryl methyl sites for hydroxylation is 2. The fraction of sp³-hybridized carbons (Fsp3) is 0.375. The monoisotopic (exact) mass is 322 g/mol. The van der Waals surface area contributed by atoms with Crippen LogP contribution in [0.5, 0.6) is 0 Å². The Bertz CT molecular complexity index is 666. The molecule has 0 aliphatic rings. The highest BCUT2D eigenvalue weighted by Crippen LogP contribution is 2.14. The molecular formula is C16H23ClN4O. The van der Waals surface area contributed by atoms with Gasteiger partial charge in [-0.3, -0.25) is 9.48 Å². The van der Waals surface area contributed by atoms with Crippen LogP contribution in [0.2, 0.25) is 0 Å². The second-order valence-electron chi connectivity index (χ2n) is 5.48. The molecule has 22 heavy (non-hydrogen) atoms. The van der Waals surface area contributed by atoms with Crippen LogP contribution in [-0.2, 0) is 13.5 Å². The number of amides is 1. The van der Waals surface area contributed by atoms with Crippen LogP contribution < -0.4 is 11.1 Å². The molecule has 1 aromatic heterocycles. The molecule has 0 bridgehead atoms. The molecule has 1 amide bonds. The SMILES string of the molecule is Cc1nn(C)c(C)c1CC(C)NC(=O)c1cccc(N)c1.Cl. The lowest BCUT2D eigenvalue weighted by Gasteiger charge is -2.14. The van der Waals surface area contributed by atoms with Crippen LogP contribution in [0.3, 0.4) is 0 Å². The van der Waals surface area contributed by atoms with Crippen LogP contribution in [0.4, 0.5) is 5.69 Å². The zero-order valence-electron chi connectivity index (χ0n) is 13.4. The van der Waals surface area contributed by atoms with E-state index in [9.17, 15) is 4.79 Å². The van der Waals surface area contributed by atoms with Gasteiger partial charge in [0.05, 0.1) is 5.69 Å². The summed E-state index contributed by atoms with van der Waals surface area (Å²) in [5.41, 5.74) is 10.2. The zero-order chi connectivity index (χ0) is 15.6. The van der Waals surface area contributed by atoms with Crippen molar-refractivity contribution in [1.29, 1.82) is 0 Å². The van der Waals surface area contributed by atoms with Crippen molar-refractivity contribution in [2.45, 2.75) is 33.2 Å². The van der Waals surface area contributed by atoms with E-state index in [1.54, 1.807) is 24.3 Å². The van der Waals surface area contributed by atoms with Crippen LogP contribution in [0.15, 0.2) is 24.3 Å². The van der Waals surface area contributed by atoms with Gasteiger partial charge < -0.3 is 11.1 Å². The van der Waals surface area contributed by atoms with Crippen molar-refractivity contribution in [3.8, 4) is 0 Å². The molecule has 5 nitrogen and oxygen atoms in total. The van der Waals surface area contributed by atoms with Crippen LogP contribution in [0.1, 0.15) is 34.2 Å². The summed E-state index contributed by atoms with van der Waals surface area (Å²) >= 11 is 0. The Morgan fingerprint density at radius 3 is 2.64 bits per heavy atom. The first-order valence-corrected chi connectivity index (χ1v) is 7.04. The number of halogens is 1. The number of hydrogen-bond donors (Lipinski definition) is 2. The summed E-state index contributed by atoms with van der Waals surface area (Å²) in [7, 11) is 1.93. The maximum Gasteiger partial charge on any atom is 0.251 e. The Kier molecular flexibility index (Phi) is 6.00. The number of nitrogens with zero attached hydrogens (tertiary/aromatic N) is 2. The summed E-state index contributed by atoms with van der Waals surface area (Å²) in [5, 5.41) is 7.40. The van der Waals surface area contributed by atoms with E-state index in [0.29, 0.717) is 11.3 Å². The highest BCUT2D eigenvalue weighted by molar-refractivity contribution is 5.95. The van der Waals surface area contributed by atoms with E-state index >= 15 is 0 Å². The van der Waals surface area contributed by atoms with Gasteiger partial charge in [-0.1, -0.05) is 6.07 Å². The Morgan fingerprint density at radius 1 is 1.41 bits per heavy atom. The van der Waals surface area contributed by atoms with Crippen molar-refractivity contribution in [3.05, 3.63) is 46.8 Å². The average molecular weight is 323 g/mol. The summed E-state index contributed by atoms with van der Waals surface area (Å²) in [6.07, 6.45) is 0.763. The second-order valence-corrected chi connectivity index (χ2v) is 5.48. The lowest BCUT2D eigenvalue weighted by atomic mass is 10.0. The van der Waals surface area contributed by atoms with E-state index in [2.05, 4.69) is 10.4 Å². The van der Waals surface area contributed by atoms with Crippen molar-refractivity contribution in [1.82, 2.24) is 15.1 Å². The van der Waals surface area contributed by atoms with Gasteiger partial charge in [0.15, 0.2) is 0 Å². The van der Waals surface area contributed by atoms with E-state index in [4.69, 9.17) is 5.73 Å². The Balaban J connectivity index is 0.00000242. The van der Waals surface area contributed by atoms with E-state index in [-0.39, 0.29) is 24.4 Å². The van der Waals surface area contributed by atoms with E-state index < -0.39 is 0 Å². The number of rotatable bonds is 4. The smallest absolute Gasteiger partial charge is 0.251 e. The normalized spacial score (nSPS) is 11.6. The number of aromatic nitrogens is 2. The average Bonchev–Trinajstić information content (AvgIpc) is 2.65. The molecule has 1 atom stereocenters. The molecule has 0 spiro atoms. The van der Waals surface area contributed by atoms with Crippen molar-refractivity contribution in [3.63, 3.8) is 0 Å². The molecule has 6 heteroatoms. The molecule has 0 fully saturated rings. The molecule has 1 heterocycles. The molecular weight excluding hydrogens is 300 g/mol. The van der Waals surface area contributed by atoms with Crippen LogP contribution in [0, 0.1) is 13.8 Å². The van der Waals surface area contributed by atoms with Gasteiger partial charge in [0.1, 0.15) is 0 Å². The molecule has 2 aromatic rings. The number of nitrogens with one attached hydrogen (secondary N) is 1. The third kappa shape index (κ3) is 4.01. The van der Waals surface area contributed by atoms with Crippen LogP contribution in [-0.4, -0.2) is 21.7 Å². The molecule has 0 aliphatic carbocycles. The zero-order valence-corrected chi connectivity index (χ0v) is 14.2. The molecule has 3 N–H and O–H groups in total. The molecule has 0 radical (unpaired) electrons. The minimum Gasteiger partial charge on any atom is -0.399 e. The fourth-order valence-corrected chi connectivity index (χ4v) is 2.46. The van der Waals surface area contributed by atoms with Crippen molar-refractivity contribution in [2.75, 3.05) is 5.73 Å². The minimum absolute atomic E-state index is 0. The lowest BCUT2D eigenvalue weighted by Crippen LogP contribution is -2.34. The van der Waals surface area contributed by atoms with Gasteiger partial charge in [-0.15, -0.1) is 12.4 Å². The summed E-state index contributed by atoms with van der Waals surface area (Å²) in [6.45, 7) is 6.03. The molecule has 1 aromatic carbocycles. The predicted molar refractivity (Wildman–Crippen MR) is 91.4 cm³/mol. The van der Waals surface area contributed by atoms with Crippen molar-refractivity contribution in [2.24, 2.45) is 7.05 Å². The number of benzene rings is 1. The lowest BCUT2D eigenvalue weighted by molar-refractivity contribution is 0.0940. The molecule has 0 aliphatic heterocycles. The summed E-state index contributed by atoms with van der Waals surface area (Å²) in [6, 6.07) is 7.02. The standard InChI is InChI=1S/C16H22N4O.ClH/c1-10(8-15-11(2)19-20(4)12(15)3)18-16(21)13-6-5-7-14(17)9-13;/h5-7,9-10H,8,17H2,1-4H3,(H,18,21);1H. The largest absolute Gasteiger partial charge is 0.399 e. The minimum atomic E-state index is -0.103. The highest BCUT2D eigenvalue weighted by Gasteiger charge is 2.15.